The van der Waals surface area contributed by atoms with Gasteiger partial charge in [-0.05, 0) is 105 Å². The molecule has 5 atom stereocenters. The van der Waals surface area contributed by atoms with E-state index in [9.17, 15) is 43.2 Å². The number of rotatable bonds is 26. The maximum Gasteiger partial charge on any atom is 0.347 e. The summed E-state index contributed by atoms with van der Waals surface area (Å²) in [5.41, 5.74) is 2.51. The molecule has 26 heteroatoms. The predicted octanol–water partition coefficient (Wildman–Crippen LogP) is 3.93. The highest BCUT2D eigenvalue weighted by Crippen LogP contribution is 2.37. The van der Waals surface area contributed by atoms with E-state index in [0.29, 0.717) is 79.0 Å². The topological polar surface area (TPSA) is 303 Å². The van der Waals surface area contributed by atoms with Crippen LogP contribution in [0.1, 0.15) is 115 Å². The van der Waals surface area contributed by atoms with E-state index in [1.165, 1.54) is 44.7 Å². The summed E-state index contributed by atoms with van der Waals surface area (Å²) in [6, 6.07) is 4.53. The summed E-state index contributed by atoms with van der Waals surface area (Å²) in [6.07, 6.45) is -6.39. The van der Waals surface area contributed by atoms with Gasteiger partial charge in [0.15, 0.2) is 30.5 Å². The van der Waals surface area contributed by atoms with E-state index < -0.39 is 96.5 Å². The Morgan fingerprint density at radius 3 is 2.11 bits per heavy atom. The molecule has 79 heavy (non-hydrogen) atoms. The number of carbonyl (C=O) groups excluding carboxylic acids is 9. The molecule has 0 radical (unpaired) electrons. The monoisotopic (exact) mass is 1120 g/mol. The first-order valence-corrected chi connectivity index (χ1v) is 26.7. The first-order valence-electron chi connectivity index (χ1n) is 26.0. The Morgan fingerprint density at radius 1 is 0.848 bits per heavy atom. The zero-order valence-corrected chi connectivity index (χ0v) is 47.6. The number of esters is 6. The van der Waals surface area contributed by atoms with Crippen LogP contribution in [0.15, 0.2) is 18.2 Å². The molecule has 1 aromatic carbocycles. The molecule has 4 heterocycles. The number of nitrogens with one attached hydrogen (secondary N) is 3. The number of carbonyl (C=O) groups is 9. The van der Waals surface area contributed by atoms with Gasteiger partial charge in [-0.15, -0.1) is 4.37 Å². The lowest BCUT2D eigenvalue weighted by Crippen LogP contribution is -2.54. The number of nitrogens with zero attached hydrogens (tertiary/aromatic N) is 5. The molecule has 0 saturated carbocycles. The number of aromatic amines is 1. The van der Waals surface area contributed by atoms with Gasteiger partial charge in [-0.3, -0.25) is 28.8 Å². The number of fused-ring (bicyclic) bond motifs is 1. The molecule has 1 fully saturated rings. The average molecular weight is 1130 g/mol. The van der Waals surface area contributed by atoms with E-state index in [-0.39, 0.29) is 36.3 Å². The van der Waals surface area contributed by atoms with Gasteiger partial charge < -0.3 is 68.2 Å². The van der Waals surface area contributed by atoms with Gasteiger partial charge in [-0.25, -0.2) is 14.4 Å². The zero-order valence-electron chi connectivity index (χ0n) is 46.8. The second kappa shape index (κ2) is 28.4. The number of ether oxygens (including phenoxy) is 8. The smallest absolute Gasteiger partial charge is 0.347 e. The number of hydrogen-bond acceptors (Lipinski definition) is 22. The minimum Gasteiger partial charge on any atom is -0.470 e. The number of aryl methyl sites for hydroxylation is 1. The van der Waals surface area contributed by atoms with Crippen molar-refractivity contribution in [2.45, 2.75) is 132 Å². The number of likely N-dealkylation sites (N-methyl/N-ethyl adjacent to an activating group) is 1. The molecule has 432 valence electrons. The number of amides is 3. The number of anilines is 2. The van der Waals surface area contributed by atoms with Crippen LogP contribution in [0.25, 0.3) is 11.6 Å². The maximum atomic E-state index is 14.1. The third kappa shape index (κ3) is 17.5. The fraction of sp³-hybridized carbons (Fsp3) is 0.566. The molecule has 3 N–H and O–H groups in total. The summed E-state index contributed by atoms with van der Waals surface area (Å²) in [7, 11) is 0. The van der Waals surface area contributed by atoms with E-state index in [1.54, 1.807) is 46.8 Å². The lowest BCUT2D eigenvalue weighted by Gasteiger charge is -2.39. The van der Waals surface area contributed by atoms with Crippen molar-refractivity contribution in [2.24, 2.45) is 0 Å². The summed E-state index contributed by atoms with van der Waals surface area (Å²) in [4.78, 5) is 126. The summed E-state index contributed by atoms with van der Waals surface area (Å²) >= 11 is 0.917. The Hall–Kier alpha value is -7.45. The number of benzene rings is 1. The van der Waals surface area contributed by atoms with Gasteiger partial charge in [-0.1, -0.05) is 13.8 Å². The van der Waals surface area contributed by atoms with Gasteiger partial charge in [0.1, 0.15) is 12.4 Å². The van der Waals surface area contributed by atoms with Gasteiger partial charge in [0.2, 0.25) is 5.82 Å². The van der Waals surface area contributed by atoms with Crippen LogP contribution in [0.2, 0.25) is 0 Å². The largest absolute Gasteiger partial charge is 0.470 e. The molecule has 1 saturated heterocycles. The SMILES string of the molecule is CCN(CC)CCNC(=O)c1c(C)[nH]c(/C=C2\C(=O)Nc3ccc(OC(=O)CCC(=O)OC(C)C(=O)OC(C)C(=O)OC(C)C(=O)N(C[C@@H](COc4nsnc4N4CCOCC4)OC(=O)C(C)OC(C)=O)C(C)(C)C)cc32)c1C. The molecule has 3 amide bonds. The van der Waals surface area contributed by atoms with Crippen molar-refractivity contribution in [3.63, 3.8) is 0 Å². The van der Waals surface area contributed by atoms with Crippen LogP contribution in [0, 0.1) is 13.8 Å². The van der Waals surface area contributed by atoms with Crippen molar-refractivity contribution in [3.8, 4) is 11.6 Å². The molecular weight excluding hydrogens is 1050 g/mol. The first-order chi connectivity index (χ1) is 37.3. The van der Waals surface area contributed by atoms with Gasteiger partial charge >= 0.3 is 35.8 Å². The van der Waals surface area contributed by atoms with Gasteiger partial charge in [0.05, 0.1) is 55.5 Å². The summed E-state index contributed by atoms with van der Waals surface area (Å²) in [6.45, 7) is 23.2. The van der Waals surface area contributed by atoms with Crippen molar-refractivity contribution in [3.05, 3.63) is 46.3 Å². The average Bonchev–Trinajstić information content (AvgIpc) is 4.12. The summed E-state index contributed by atoms with van der Waals surface area (Å²) in [5.74, 6) is -6.31. The number of aromatic nitrogens is 3. The van der Waals surface area contributed by atoms with Crippen LogP contribution in [0.5, 0.6) is 11.6 Å². The minimum atomic E-state index is -1.58. The Labute approximate surface area is 462 Å². The second-order valence-electron chi connectivity index (χ2n) is 19.7. The van der Waals surface area contributed by atoms with E-state index >= 15 is 0 Å². The maximum absolute atomic E-state index is 14.1. The third-order valence-electron chi connectivity index (χ3n) is 12.6. The van der Waals surface area contributed by atoms with Gasteiger partial charge in [0.25, 0.3) is 23.6 Å². The normalized spacial score (nSPS) is 15.6. The third-order valence-corrected chi connectivity index (χ3v) is 13.1. The Bertz CT molecular complexity index is 2740. The highest BCUT2D eigenvalue weighted by atomic mass is 32.1. The van der Waals surface area contributed by atoms with E-state index in [4.69, 9.17) is 37.9 Å². The molecule has 0 bridgehead atoms. The standard InChI is InChI=1S/C53H72N8O17S/c1-13-59(14-2)20-19-54-47(66)44-29(3)41(55-30(44)4)26-39-38-25-36(15-16-40(38)56-46(39)65)77-43(64)18-17-42(63)74-33(7)50(68)76-34(8)51(69)75-31(5)49(67)61(53(10,11)12)27-37(78-52(70)32(6)73-35(9)62)28-72-48-45(57-79-58-48)60-21-23-71-24-22-60/h15-16,25-26,31-34,37,55H,13-14,17-24,27-28H2,1-12H3,(H,54,66)(H,56,65)/b39-26-/t31?,32?,33?,34?,37-/m0/s1. The molecular formula is C53H72N8O17S. The molecule has 25 nitrogen and oxygen atoms in total. The molecule has 0 spiro atoms. The van der Waals surface area contributed by atoms with Crippen LogP contribution in [0.4, 0.5) is 11.5 Å². The van der Waals surface area contributed by atoms with Crippen molar-refractivity contribution in [2.75, 3.05) is 75.9 Å². The predicted molar refractivity (Wildman–Crippen MR) is 286 cm³/mol. The Morgan fingerprint density at radius 2 is 1.47 bits per heavy atom. The highest BCUT2D eigenvalue weighted by Gasteiger charge is 2.37. The minimum absolute atomic E-state index is 0.0814. The van der Waals surface area contributed by atoms with Crippen molar-refractivity contribution in [1.82, 2.24) is 28.8 Å². The second-order valence-corrected chi connectivity index (χ2v) is 20.2. The van der Waals surface area contributed by atoms with Crippen molar-refractivity contribution >= 4 is 88.4 Å². The summed E-state index contributed by atoms with van der Waals surface area (Å²) in [5, 5.41) is 5.75. The van der Waals surface area contributed by atoms with Gasteiger partial charge in [-0.2, -0.15) is 4.37 Å². The van der Waals surface area contributed by atoms with Crippen molar-refractivity contribution < 1.29 is 81.0 Å². The molecule has 3 aromatic rings. The summed E-state index contributed by atoms with van der Waals surface area (Å²) < 4.78 is 52.1. The lowest BCUT2D eigenvalue weighted by atomic mass is 10.0. The molecule has 2 aliphatic rings. The molecule has 0 aliphatic carbocycles. The van der Waals surface area contributed by atoms with Crippen LogP contribution in [0.3, 0.4) is 0 Å². The number of H-pyrrole nitrogens is 1. The van der Waals surface area contributed by atoms with Gasteiger partial charge in [0, 0.05) is 61.3 Å². The first kappa shape index (κ1) is 62.4. The zero-order chi connectivity index (χ0) is 58.3. The van der Waals surface area contributed by atoms with Crippen LogP contribution < -0.4 is 25.0 Å². The van der Waals surface area contributed by atoms with E-state index in [1.807, 2.05) is 4.90 Å². The molecule has 2 aromatic heterocycles. The van der Waals surface area contributed by atoms with Crippen molar-refractivity contribution in [1.29, 1.82) is 0 Å². The molecule has 5 rings (SSSR count). The fourth-order valence-electron chi connectivity index (χ4n) is 8.27. The fourth-order valence-corrected chi connectivity index (χ4v) is 8.79. The molecule has 4 unspecified atom stereocenters. The quantitative estimate of drug-likeness (QED) is 0.0444. The van der Waals surface area contributed by atoms with E-state index in [0.717, 1.165) is 31.7 Å². The Balaban J connectivity index is 1.12. The van der Waals surface area contributed by atoms with Crippen LogP contribution in [-0.2, 0) is 66.8 Å². The Kier molecular flexibility index (Phi) is 22.5. The lowest BCUT2D eigenvalue weighted by molar-refractivity contribution is -0.181. The highest BCUT2D eigenvalue weighted by molar-refractivity contribution is 6.99. The number of morpholine rings is 1. The van der Waals surface area contributed by atoms with Crippen LogP contribution >= 0.6 is 11.7 Å². The van der Waals surface area contributed by atoms with E-state index in [2.05, 4.69) is 43.1 Å². The van der Waals surface area contributed by atoms with Crippen LogP contribution in [-0.4, -0.2) is 179 Å². The number of hydrogen-bond donors (Lipinski definition) is 3. The molecule has 2 aliphatic heterocycles.